The maximum absolute atomic E-state index is 13.0. The minimum atomic E-state index is -0.825. The average Bonchev–Trinajstić information content (AvgIpc) is 3.09. The van der Waals surface area contributed by atoms with Crippen LogP contribution in [0.4, 0.5) is 0 Å². The molecule has 14 heteroatoms. The van der Waals surface area contributed by atoms with Gasteiger partial charge in [0, 0.05) is 52.9 Å². The molecule has 0 radical (unpaired) electrons. The number of hydrogen-bond donors (Lipinski definition) is 0. The summed E-state index contributed by atoms with van der Waals surface area (Å²) in [5, 5.41) is 0. The lowest BCUT2D eigenvalue weighted by atomic mass is 10.0. The molecule has 1 aromatic rings. The topological polar surface area (TPSA) is 124 Å². The molecule has 0 saturated carbocycles. The highest BCUT2D eigenvalue weighted by Gasteiger charge is 2.25. The molecule has 2 aliphatic heterocycles. The van der Waals surface area contributed by atoms with Gasteiger partial charge in [-0.3, -0.25) is 4.79 Å². The molecule has 0 aliphatic carbocycles. The van der Waals surface area contributed by atoms with Gasteiger partial charge in [0.25, 0.3) is 0 Å². The number of esters is 4. The Hall–Kier alpha value is -3.46. The molecule has 2 aliphatic rings. The van der Waals surface area contributed by atoms with Crippen molar-refractivity contribution in [1.82, 2.24) is 0 Å². The highest BCUT2D eigenvalue weighted by Crippen LogP contribution is 2.24. The van der Waals surface area contributed by atoms with E-state index in [0.717, 1.165) is 40.1 Å². The van der Waals surface area contributed by atoms with Gasteiger partial charge < -0.3 is 28.4 Å². The molecule has 290 valence electrons. The number of ether oxygens (including phenoxy) is 6. The number of hydrogen-bond acceptors (Lipinski definition) is 14. The normalized spacial score (nSPS) is 15.4. The Labute approximate surface area is 330 Å². The predicted octanol–water partition coefficient (Wildman–Crippen LogP) is 7.73. The zero-order valence-corrected chi connectivity index (χ0v) is 34.1. The van der Waals surface area contributed by atoms with E-state index in [4.69, 9.17) is 28.4 Å². The first kappa shape index (κ1) is 45.7. The van der Waals surface area contributed by atoms with Crippen LogP contribution in [0.1, 0.15) is 51.8 Å². The van der Waals surface area contributed by atoms with Gasteiger partial charge in [0.15, 0.2) is 0 Å². The van der Waals surface area contributed by atoms with E-state index in [1.165, 1.54) is 30.7 Å². The molecule has 1 aromatic carbocycles. The summed E-state index contributed by atoms with van der Waals surface area (Å²) in [5.74, 6) is 5.02. The number of allylic oxidation sites excluding steroid dienone is 2. The number of carbonyl (C=O) groups is 4. The van der Waals surface area contributed by atoms with Gasteiger partial charge in [-0.1, -0.05) is 50.6 Å². The zero-order valence-electron chi connectivity index (χ0n) is 30.8. The smallest absolute Gasteiger partial charge is 0.339 e. The number of carbonyl (C=O) groups excluding carboxylic acids is 4. The fourth-order valence-corrected chi connectivity index (χ4v) is 8.51. The highest BCUT2D eigenvalue weighted by atomic mass is 32.2. The minimum Gasteiger partial charge on any atom is -0.490 e. The van der Waals surface area contributed by atoms with Gasteiger partial charge in [-0.05, 0) is 43.2 Å². The molecule has 0 unspecified atom stereocenters. The van der Waals surface area contributed by atoms with Gasteiger partial charge in [-0.15, -0.1) is 0 Å². The third-order valence-electron chi connectivity index (χ3n) is 6.88. The summed E-state index contributed by atoms with van der Waals surface area (Å²) >= 11 is 6.90. The summed E-state index contributed by atoms with van der Waals surface area (Å²) in [7, 11) is 0. The van der Waals surface area contributed by atoms with Crippen LogP contribution in [-0.4, -0.2) is 109 Å². The van der Waals surface area contributed by atoms with E-state index in [0.29, 0.717) is 34.2 Å². The Bertz CT molecular complexity index is 1510. The second-order valence-electron chi connectivity index (χ2n) is 12.0. The lowest BCUT2D eigenvalue weighted by molar-refractivity contribution is -0.144. The molecule has 2 saturated heterocycles. The van der Waals surface area contributed by atoms with Crippen molar-refractivity contribution in [2.45, 2.75) is 33.0 Å². The SMILES string of the molecule is C=C1CSCC(OC(=O)c2ccc(C(=O)OCCOC(=C)C(=C)C)c(C(=O)OCCOC(=C)C(=C)C)c2)CSC1.C=C1CSCC(OC(C)=O)CSC1. The van der Waals surface area contributed by atoms with Crippen LogP contribution in [0.15, 0.2) is 91.5 Å². The van der Waals surface area contributed by atoms with Gasteiger partial charge in [0.05, 0.1) is 16.7 Å². The molecule has 2 heterocycles. The molecule has 2 fully saturated rings. The zero-order chi connectivity index (χ0) is 39.3. The Balaban J connectivity index is 0.000000626. The van der Waals surface area contributed by atoms with Crippen LogP contribution in [0, 0.1) is 0 Å². The molecular weight excluding hydrogens is 757 g/mol. The van der Waals surface area contributed by atoms with Crippen molar-refractivity contribution in [2.75, 3.05) is 72.5 Å². The van der Waals surface area contributed by atoms with Gasteiger partial charge >= 0.3 is 23.9 Å². The minimum absolute atomic E-state index is 0.0341. The van der Waals surface area contributed by atoms with Crippen LogP contribution >= 0.6 is 47.0 Å². The summed E-state index contributed by atoms with van der Waals surface area (Å²) in [6, 6.07) is 4.04. The van der Waals surface area contributed by atoms with Crippen molar-refractivity contribution >= 4 is 70.9 Å². The largest absolute Gasteiger partial charge is 0.490 e. The molecule has 0 amide bonds. The standard InChI is InChI=1S/C30H36O8S2.C9H14O2S2/c1-19(2)22(6)34-10-12-36-29(32)26-9-8-24(28(31)38-25-17-39-15-21(5)16-40-18-25)14-27(26)30(33)37-13-11-35-23(7)20(3)4;1-7-3-12-5-9(6-13-4-7)11-8(2)10/h8-9,14,25H,1,3,5-7,10-13,15-18H2,2,4H3;9H,1,3-6H2,2H3. The second kappa shape index (κ2) is 24.8. The van der Waals surface area contributed by atoms with Gasteiger partial charge in [0.1, 0.15) is 50.2 Å². The fourth-order valence-electron chi connectivity index (χ4n) is 4.13. The maximum Gasteiger partial charge on any atom is 0.339 e. The second-order valence-corrected chi connectivity index (χ2v) is 16.1. The monoisotopic (exact) mass is 806 g/mol. The average molecular weight is 807 g/mol. The number of thioether (sulfide) groups is 4. The van der Waals surface area contributed by atoms with E-state index in [-0.39, 0.29) is 61.3 Å². The highest BCUT2D eigenvalue weighted by molar-refractivity contribution is 8.01. The molecule has 0 atom stereocenters. The first-order valence-corrected chi connectivity index (χ1v) is 21.3. The predicted molar refractivity (Wildman–Crippen MR) is 219 cm³/mol. The summed E-state index contributed by atoms with van der Waals surface area (Å²) in [5.41, 5.74) is 3.62. The molecule has 0 spiro atoms. The van der Waals surface area contributed by atoms with Gasteiger partial charge in [-0.2, -0.15) is 47.0 Å². The van der Waals surface area contributed by atoms with Gasteiger partial charge in [-0.25, -0.2) is 14.4 Å². The van der Waals surface area contributed by atoms with E-state index >= 15 is 0 Å². The van der Waals surface area contributed by atoms with E-state index < -0.39 is 17.9 Å². The van der Waals surface area contributed by atoms with E-state index in [2.05, 4.69) is 39.5 Å². The Morgan fingerprint density at radius 3 is 1.40 bits per heavy atom. The molecule has 0 N–H and O–H groups in total. The van der Waals surface area contributed by atoms with Crippen molar-refractivity contribution < 1.29 is 47.6 Å². The van der Waals surface area contributed by atoms with Crippen LogP contribution < -0.4 is 0 Å². The van der Waals surface area contributed by atoms with Gasteiger partial charge in [0.2, 0.25) is 0 Å². The van der Waals surface area contributed by atoms with Crippen molar-refractivity contribution in [3.05, 3.63) is 108 Å². The maximum atomic E-state index is 13.0. The molecule has 0 aromatic heterocycles. The lowest BCUT2D eigenvalue weighted by Crippen LogP contribution is -2.25. The Morgan fingerprint density at radius 1 is 0.585 bits per heavy atom. The summed E-state index contributed by atoms with van der Waals surface area (Å²) in [6.07, 6.45) is -0.219. The van der Waals surface area contributed by atoms with E-state index in [1.807, 2.05) is 0 Å². The van der Waals surface area contributed by atoms with Crippen molar-refractivity contribution in [3.8, 4) is 0 Å². The third kappa shape index (κ3) is 18.4. The van der Waals surface area contributed by atoms with Crippen LogP contribution in [0.2, 0.25) is 0 Å². The summed E-state index contributed by atoms with van der Waals surface area (Å²) in [4.78, 5) is 49.5. The van der Waals surface area contributed by atoms with Crippen molar-refractivity contribution in [3.63, 3.8) is 0 Å². The van der Waals surface area contributed by atoms with E-state index in [1.54, 1.807) is 60.9 Å². The van der Waals surface area contributed by atoms with Crippen LogP contribution in [-0.2, 0) is 33.2 Å². The van der Waals surface area contributed by atoms with Crippen molar-refractivity contribution in [1.29, 1.82) is 0 Å². The van der Waals surface area contributed by atoms with Crippen LogP contribution in [0.5, 0.6) is 0 Å². The first-order valence-electron chi connectivity index (χ1n) is 16.6. The molecular formula is C39H50O10S4. The quantitative estimate of drug-likeness (QED) is 0.0429. The molecule has 53 heavy (non-hydrogen) atoms. The summed E-state index contributed by atoms with van der Waals surface area (Å²) in [6.45, 7) is 27.7. The van der Waals surface area contributed by atoms with Crippen LogP contribution in [0.25, 0.3) is 0 Å². The third-order valence-corrected chi connectivity index (χ3v) is 11.8. The molecule has 0 bridgehead atoms. The van der Waals surface area contributed by atoms with Crippen molar-refractivity contribution in [2.24, 2.45) is 0 Å². The Morgan fingerprint density at radius 2 is 0.981 bits per heavy atom. The fraction of sp³-hybridized carbons (Fsp3) is 0.436. The first-order chi connectivity index (χ1) is 25.2. The number of benzene rings is 1. The summed E-state index contributed by atoms with van der Waals surface area (Å²) < 4.78 is 32.2. The molecule has 3 rings (SSSR count). The lowest BCUT2D eigenvalue weighted by Gasteiger charge is -2.21. The molecule has 10 nitrogen and oxygen atoms in total. The number of rotatable bonds is 15. The van der Waals surface area contributed by atoms with Crippen LogP contribution in [0.3, 0.4) is 0 Å². The Kier molecular flexibility index (Phi) is 21.4. The van der Waals surface area contributed by atoms with E-state index in [9.17, 15) is 19.2 Å².